The van der Waals surface area contributed by atoms with E-state index in [0.29, 0.717) is 24.9 Å². The smallest absolute Gasteiger partial charge is 0.306 e. The van der Waals surface area contributed by atoms with Crippen LogP contribution < -0.4 is 0 Å². The molecule has 0 unspecified atom stereocenters. The standard InChI is InChI=1S/C14H13FN2O2/c15-11-2-1-3-12(7-11)17-13-5-4-9(14(18)19)6-10(13)8-16-17/h1-3,7-9H,4-6H2,(H,18,19)/t9-/m1/s1. The van der Waals surface area contributed by atoms with Crippen molar-refractivity contribution in [2.75, 3.05) is 0 Å². The normalized spacial score (nSPS) is 18.1. The molecule has 1 heterocycles. The number of fused-ring (bicyclic) bond motifs is 1. The minimum absolute atomic E-state index is 0.305. The van der Waals surface area contributed by atoms with Crippen LogP contribution in [0.1, 0.15) is 17.7 Å². The summed E-state index contributed by atoms with van der Waals surface area (Å²) in [5.41, 5.74) is 2.61. The Morgan fingerprint density at radius 2 is 2.32 bits per heavy atom. The minimum Gasteiger partial charge on any atom is -0.481 e. The first-order chi connectivity index (χ1) is 9.15. The summed E-state index contributed by atoms with van der Waals surface area (Å²) < 4.78 is 14.9. The summed E-state index contributed by atoms with van der Waals surface area (Å²) in [6.45, 7) is 0. The third kappa shape index (κ3) is 2.12. The van der Waals surface area contributed by atoms with E-state index >= 15 is 0 Å². The molecule has 0 saturated heterocycles. The van der Waals surface area contributed by atoms with Crippen LogP contribution in [0.5, 0.6) is 0 Å². The second-order valence-electron chi connectivity index (χ2n) is 4.79. The number of hydrogen-bond acceptors (Lipinski definition) is 2. The lowest BCUT2D eigenvalue weighted by Crippen LogP contribution is -2.22. The average Bonchev–Trinajstić information content (AvgIpc) is 2.81. The third-order valence-corrected chi connectivity index (χ3v) is 3.55. The van der Waals surface area contributed by atoms with Gasteiger partial charge in [0, 0.05) is 5.69 Å². The quantitative estimate of drug-likeness (QED) is 0.900. The maximum Gasteiger partial charge on any atom is 0.306 e. The number of aromatic nitrogens is 2. The predicted octanol–water partition coefficient (Wildman–Crippen LogP) is 2.20. The number of carboxylic acid groups (broad SMARTS) is 1. The Morgan fingerprint density at radius 1 is 1.47 bits per heavy atom. The fourth-order valence-electron chi connectivity index (χ4n) is 2.56. The minimum atomic E-state index is -0.760. The summed E-state index contributed by atoms with van der Waals surface area (Å²) in [4.78, 5) is 11.0. The lowest BCUT2D eigenvalue weighted by Gasteiger charge is -2.19. The van der Waals surface area contributed by atoms with E-state index in [-0.39, 0.29) is 11.7 Å². The van der Waals surface area contributed by atoms with Gasteiger partial charge in [0.25, 0.3) is 0 Å². The molecule has 5 heteroatoms. The predicted molar refractivity (Wildman–Crippen MR) is 66.7 cm³/mol. The van der Waals surface area contributed by atoms with Gasteiger partial charge in [0.1, 0.15) is 5.82 Å². The van der Waals surface area contributed by atoms with Gasteiger partial charge in [0.15, 0.2) is 0 Å². The van der Waals surface area contributed by atoms with Crippen LogP contribution in [-0.4, -0.2) is 20.9 Å². The Balaban J connectivity index is 1.97. The van der Waals surface area contributed by atoms with Crippen LogP contribution in [0.25, 0.3) is 5.69 Å². The topological polar surface area (TPSA) is 55.1 Å². The van der Waals surface area contributed by atoms with Gasteiger partial charge in [0.05, 0.1) is 17.8 Å². The SMILES string of the molecule is O=C(O)[C@@H]1CCc2c(cnn2-c2cccc(F)c2)C1. The summed E-state index contributed by atoms with van der Waals surface area (Å²) in [6, 6.07) is 6.25. The van der Waals surface area contributed by atoms with Gasteiger partial charge in [-0.1, -0.05) is 6.07 Å². The fraction of sp³-hybridized carbons (Fsp3) is 0.286. The molecule has 0 amide bonds. The zero-order valence-electron chi connectivity index (χ0n) is 10.2. The van der Waals surface area contributed by atoms with Crippen molar-refractivity contribution >= 4 is 5.97 Å². The highest BCUT2D eigenvalue weighted by Crippen LogP contribution is 2.27. The molecular weight excluding hydrogens is 247 g/mol. The van der Waals surface area contributed by atoms with Crippen LogP contribution in [0.2, 0.25) is 0 Å². The molecule has 0 spiro atoms. The second-order valence-corrected chi connectivity index (χ2v) is 4.79. The lowest BCUT2D eigenvalue weighted by molar-refractivity contribution is -0.142. The van der Waals surface area contributed by atoms with Crippen LogP contribution in [0.4, 0.5) is 4.39 Å². The van der Waals surface area contributed by atoms with Crippen molar-refractivity contribution < 1.29 is 14.3 Å². The molecule has 1 aromatic heterocycles. The Bertz CT molecular complexity index is 636. The number of carboxylic acids is 1. The molecule has 1 aromatic carbocycles. The number of carbonyl (C=O) groups is 1. The molecule has 0 bridgehead atoms. The van der Waals surface area contributed by atoms with Gasteiger partial charge in [-0.15, -0.1) is 0 Å². The highest BCUT2D eigenvalue weighted by atomic mass is 19.1. The van der Waals surface area contributed by atoms with E-state index in [1.165, 1.54) is 12.1 Å². The third-order valence-electron chi connectivity index (χ3n) is 3.55. The molecule has 3 rings (SSSR count). The molecule has 1 aliphatic carbocycles. The fourth-order valence-corrected chi connectivity index (χ4v) is 2.56. The number of nitrogens with zero attached hydrogens (tertiary/aromatic N) is 2. The van der Waals surface area contributed by atoms with Crippen molar-refractivity contribution in [3.63, 3.8) is 0 Å². The van der Waals surface area contributed by atoms with E-state index < -0.39 is 5.97 Å². The van der Waals surface area contributed by atoms with Crippen molar-refractivity contribution in [3.8, 4) is 5.69 Å². The first kappa shape index (κ1) is 11.9. The van der Waals surface area contributed by atoms with Crippen molar-refractivity contribution in [2.24, 2.45) is 5.92 Å². The van der Waals surface area contributed by atoms with Crippen molar-refractivity contribution in [1.29, 1.82) is 0 Å². The molecule has 2 aromatic rings. The summed E-state index contributed by atoms with van der Waals surface area (Å²) in [5.74, 6) is -1.40. The van der Waals surface area contributed by atoms with Gasteiger partial charge < -0.3 is 5.11 Å². The zero-order valence-corrected chi connectivity index (χ0v) is 10.2. The van der Waals surface area contributed by atoms with Gasteiger partial charge in [-0.3, -0.25) is 4.79 Å². The van der Waals surface area contributed by atoms with Gasteiger partial charge in [0.2, 0.25) is 0 Å². The van der Waals surface area contributed by atoms with Crippen molar-refractivity contribution in [1.82, 2.24) is 9.78 Å². The number of halogens is 1. The van der Waals surface area contributed by atoms with E-state index in [9.17, 15) is 9.18 Å². The van der Waals surface area contributed by atoms with E-state index in [2.05, 4.69) is 5.10 Å². The van der Waals surface area contributed by atoms with Gasteiger partial charge in [-0.05, 0) is 43.0 Å². The first-order valence-corrected chi connectivity index (χ1v) is 6.19. The molecule has 4 nitrogen and oxygen atoms in total. The van der Waals surface area contributed by atoms with Crippen LogP contribution in [-0.2, 0) is 17.6 Å². The van der Waals surface area contributed by atoms with E-state index in [1.54, 1.807) is 23.0 Å². The van der Waals surface area contributed by atoms with E-state index in [4.69, 9.17) is 5.11 Å². The Kier molecular flexibility index (Phi) is 2.81. The van der Waals surface area contributed by atoms with Crippen LogP contribution in [0.15, 0.2) is 30.5 Å². The highest BCUT2D eigenvalue weighted by molar-refractivity contribution is 5.71. The Labute approximate surface area is 109 Å². The summed E-state index contributed by atoms with van der Waals surface area (Å²) in [6.07, 6.45) is 3.45. The molecule has 0 aliphatic heterocycles. The largest absolute Gasteiger partial charge is 0.481 e. The molecule has 0 radical (unpaired) electrons. The molecule has 1 N–H and O–H groups in total. The number of aliphatic carboxylic acids is 1. The van der Waals surface area contributed by atoms with E-state index in [1.807, 2.05) is 0 Å². The highest BCUT2D eigenvalue weighted by Gasteiger charge is 2.27. The number of rotatable bonds is 2. The molecule has 98 valence electrons. The van der Waals surface area contributed by atoms with Crippen molar-refractivity contribution in [3.05, 3.63) is 47.5 Å². The maximum absolute atomic E-state index is 13.2. The molecule has 0 fully saturated rings. The monoisotopic (exact) mass is 260 g/mol. The molecule has 1 aliphatic rings. The van der Waals surface area contributed by atoms with Crippen LogP contribution in [0, 0.1) is 11.7 Å². The van der Waals surface area contributed by atoms with Crippen LogP contribution in [0.3, 0.4) is 0 Å². The molecule has 19 heavy (non-hydrogen) atoms. The molecule has 0 saturated carbocycles. The van der Waals surface area contributed by atoms with Gasteiger partial charge in [-0.25, -0.2) is 9.07 Å². The lowest BCUT2D eigenvalue weighted by atomic mass is 9.88. The van der Waals surface area contributed by atoms with Gasteiger partial charge in [-0.2, -0.15) is 5.10 Å². The average molecular weight is 260 g/mol. The zero-order chi connectivity index (χ0) is 13.4. The Hall–Kier alpha value is -2.17. The molecular formula is C14H13FN2O2. The van der Waals surface area contributed by atoms with E-state index in [0.717, 1.165) is 11.3 Å². The molecule has 1 atom stereocenters. The first-order valence-electron chi connectivity index (χ1n) is 6.19. The number of benzene rings is 1. The Morgan fingerprint density at radius 3 is 3.05 bits per heavy atom. The second kappa shape index (κ2) is 4.50. The van der Waals surface area contributed by atoms with Crippen LogP contribution >= 0.6 is 0 Å². The summed E-state index contributed by atoms with van der Waals surface area (Å²) >= 11 is 0. The van der Waals surface area contributed by atoms with Gasteiger partial charge >= 0.3 is 5.97 Å². The number of hydrogen-bond donors (Lipinski definition) is 1. The summed E-state index contributed by atoms with van der Waals surface area (Å²) in [7, 11) is 0. The summed E-state index contributed by atoms with van der Waals surface area (Å²) in [5, 5.41) is 13.3. The maximum atomic E-state index is 13.2. The van der Waals surface area contributed by atoms with Crippen molar-refractivity contribution in [2.45, 2.75) is 19.3 Å².